The maximum atomic E-state index is 13.1. The molecule has 3 rings (SSSR count). The van der Waals surface area contributed by atoms with Crippen LogP contribution < -0.4 is 5.56 Å². The lowest BCUT2D eigenvalue weighted by Gasteiger charge is -2.30. The van der Waals surface area contributed by atoms with E-state index in [1.54, 1.807) is 24.3 Å². The Labute approximate surface area is 121 Å². The predicted octanol–water partition coefficient (Wildman–Crippen LogP) is 1.25. The van der Waals surface area contributed by atoms with Gasteiger partial charge in [0, 0.05) is 13.1 Å². The van der Waals surface area contributed by atoms with Crippen LogP contribution in [0.4, 0.5) is 3.89 Å². The molecule has 1 aliphatic rings. The Morgan fingerprint density at radius 1 is 1.29 bits per heavy atom. The molecule has 0 radical (unpaired) electrons. The average Bonchev–Trinajstić information content (AvgIpc) is 2.47. The third kappa shape index (κ3) is 2.68. The first-order valence-electron chi connectivity index (χ1n) is 6.62. The van der Waals surface area contributed by atoms with E-state index >= 15 is 0 Å². The van der Waals surface area contributed by atoms with Gasteiger partial charge < -0.3 is 0 Å². The molecule has 1 fully saturated rings. The molecule has 6 nitrogen and oxygen atoms in total. The molecule has 0 amide bonds. The maximum absolute atomic E-state index is 13.1. The molecule has 1 aromatic carbocycles. The Kier molecular flexibility index (Phi) is 3.50. The Hall–Kier alpha value is -1.80. The standard InChI is InChI=1S/C13H14FN3O3S/c14-21(19,20)16-7-3-4-10(8-16)17-9-15-12-6-2-1-5-11(12)13(17)18/h1-2,5-6,9-10H,3-4,7-8H2. The minimum Gasteiger partial charge on any atom is -0.294 e. The molecular weight excluding hydrogens is 297 g/mol. The number of benzene rings is 1. The van der Waals surface area contributed by atoms with Crippen LogP contribution in [0.25, 0.3) is 10.9 Å². The highest BCUT2D eigenvalue weighted by Crippen LogP contribution is 2.23. The zero-order chi connectivity index (χ0) is 15.0. The van der Waals surface area contributed by atoms with Gasteiger partial charge in [-0.05, 0) is 25.0 Å². The van der Waals surface area contributed by atoms with Gasteiger partial charge in [-0.1, -0.05) is 16.0 Å². The second-order valence-corrected chi connectivity index (χ2v) is 6.41. The summed E-state index contributed by atoms with van der Waals surface area (Å²) in [6.45, 7) is 0.101. The molecule has 2 aromatic rings. The van der Waals surface area contributed by atoms with E-state index in [-0.39, 0.29) is 18.6 Å². The molecular formula is C13H14FN3O3S. The molecule has 1 unspecified atom stereocenters. The van der Waals surface area contributed by atoms with Crippen molar-refractivity contribution in [2.75, 3.05) is 13.1 Å². The molecule has 1 aromatic heterocycles. The van der Waals surface area contributed by atoms with Crippen molar-refractivity contribution in [3.05, 3.63) is 40.9 Å². The van der Waals surface area contributed by atoms with Crippen LogP contribution in [0.2, 0.25) is 0 Å². The minimum absolute atomic E-state index is 0.0429. The van der Waals surface area contributed by atoms with Crippen LogP contribution >= 0.6 is 0 Å². The van der Waals surface area contributed by atoms with Gasteiger partial charge in [-0.15, -0.1) is 0 Å². The molecule has 112 valence electrons. The van der Waals surface area contributed by atoms with Crippen LogP contribution in [0.3, 0.4) is 0 Å². The zero-order valence-electron chi connectivity index (χ0n) is 11.1. The number of piperidine rings is 1. The maximum Gasteiger partial charge on any atom is 0.374 e. The Bertz CT molecular complexity index is 834. The normalized spacial score (nSPS) is 20.7. The summed E-state index contributed by atoms with van der Waals surface area (Å²) in [6.07, 6.45) is 2.53. The van der Waals surface area contributed by atoms with Gasteiger partial charge >= 0.3 is 10.4 Å². The summed E-state index contributed by atoms with van der Waals surface area (Å²) in [5.41, 5.74) is 0.355. The van der Waals surface area contributed by atoms with Crippen LogP contribution in [-0.4, -0.2) is 35.4 Å². The first-order chi connectivity index (χ1) is 9.97. The van der Waals surface area contributed by atoms with Gasteiger partial charge in [0.2, 0.25) is 0 Å². The van der Waals surface area contributed by atoms with Crippen molar-refractivity contribution in [1.82, 2.24) is 13.9 Å². The van der Waals surface area contributed by atoms with Crippen molar-refractivity contribution in [2.24, 2.45) is 0 Å². The van der Waals surface area contributed by atoms with Crippen LogP contribution in [0.1, 0.15) is 18.9 Å². The van der Waals surface area contributed by atoms with E-state index in [0.717, 1.165) is 4.31 Å². The summed E-state index contributed by atoms with van der Waals surface area (Å²) in [5, 5.41) is 0.472. The molecule has 0 bridgehead atoms. The highest BCUT2D eigenvalue weighted by Gasteiger charge is 2.30. The van der Waals surface area contributed by atoms with Gasteiger partial charge in [-0.3, -0.25) is 9.36 Å². The smallest absolute Gasteiger partial charge is 0.294 e. The van der Waals surface area contributed by atoms with Gasteiger partial charge in [0.15, 0.2) is 0 Å². The highest BCUT2D eigenvalue weighted by atomic mass is 32.3. The second kappa shape index (κ2) is 5.19. The molecule has 2 heterocycles. The highest BCUT2D eigenvalue weighted by molar-refractivity contribution is 7.83. The number of fused-ring (bicyclic) bond motifs is 1. The van der Waals surface area contributed by atoms with E-state index in [4.69, 9.17) is 0 Å². The van der Waals surface area contributed by atoms with E-state index in [0.29, 0.717) is 23.7 Å². The number of hydrogen-bond acceptors (Lipinski definition) is 4. The number of halogens is 1. The van der Waals surface area contributed by atoms with Gasteiger partial charge in [-0.25, -0.2) is 4.98 Å². The molecule has 0 aliphatic carbocycles. The summed E-state index contributed by atoms with van der Waals surface area (Å²) >= 11 is 0. The Morgan fingerprint density at radius 2 is 2.05 bits per heavy atom. The van der Waals surface area contributed by atoms with Crippen molar-refractivity contribution in [2.45, 2.75) is 18.9 Å². The molecule has 1 saturated heterocycles. The van der Waals surface area contributed by atoms with Crippen molar-refractivity contribution < 1.29 is 12.3 Å². The fourth-order valence-corrected chi connectivity index (χ4v) is 3.39. The number of aromatic nitrogens is 2. The quantitative estimate of drug-likeness (QED) is 0.783. The van der Waals surface area contributed by atoms with Crippen LogP contribution in [0.5, 0.6) is 0 Å². The number of rotatable bonds is 2. The van der Waals surface area contributed by atoms with Gasteiger partial charge in [0.25, 0.3) is 5.56 Å². The fraction of sp³-hybridized carbons (Fsp3) is 0.385. The van der Waals surface area contributed by atoms with E-state index in [2.05, 4.69) is 4.98 Å². The summed E-state index contributed by atoms with van der Waals surface area (Å²) < 4.78 is 37.3. The Balaban J connectivity index is 2.01. The largest absolute Gasteiger partial charge is 0.374 e. The predicted molar refractivity (Wildman–Crippen MR) is 75.9 cm³/mol. The third-order valence-electron chi connectivity index (χ3n) is 3.75. The first-order valence-corrected chi connectivity index (χ1v) is 7.96. The molecule has 8 heteroatoms. The van der Waals surface area contributed by atoms with Crippen molar-refractivity contribution in [3.63, 3.8) is 0 Å². The lowest BCUT2D eigenvalue weighted by Crippen LogP contribution is -2.41. The molecule has 0 saturated carbocycles. The van der Waals surface area contributed by atoms with Crippen LogP contribution in [-0.2, 0) is 10.4 Å². The summed E-state index contributed by atoms with van der Waals surface area (Å²) in [7, 11) is -4.72. The average molecular weight is 311 g/mol. The SMILES string of the molecule is O=c1c2ccccc2ncn1C1CCCN(S(=O)(=O)F)C1. The van der Waals surface area contributed by atoms with E-state index in [9.17, 15) is 17.1 Å². The fourth-order valence-electron chi connectivity index (χ4n) is 2.69. The number of para-hydroxylation sites is 1. The monoisotopic (exact) mass is 311 g/mol. The third-order valence-corrected chi connectivity index (χ3v) is 4.70. The molecule has 21 heavy (non-hydrogen) atoms. The molecule has 1 aliphatic heterocycles. The summed E-state index contributed by atoms with van der Waals surface area (Å²) in [6, 6.07) is 6.55. The minimum atomic E-state index is -4.72. The van der Waals surface area contributed by atoms with E-state index in [1.807, 2.05) is 0 Å². The Morgan fingerprint density at radius 3 is 2.81 bits per heavy atom. The van der Waals surface area contributed by atoms with Gasteiger partial charge in [0.05, 0.1) is 23.3 Å². The van der Waals surface area contributed by atoms with Gasteiger partial charge in [0.1, 0.15) is 0 Å². The van der Waals surface area contributed by atoms with Gasteiger partial charge in [-0.2, -0.15) is 12.7 Å². The lowest BCUT2D eigenvalue weighted by atomic mass is 10.1. The number of hydrogen-bond donors (Lipinski definition) is 0. The number of nitrogens with zero attached hydrogens (tertiary/aromatic N) is 3. The van der Waals surface area contributed by atoms with Crippen molar-refractivity contribution in [1.29, 1.82) is 0 Å². The van der Waals surface area contributed by atoms with Crippen LogP contribution in [0, 0.1) is 0 Å². The first kappa shape index (κ1) is 14.2. The van der Waals surface area contributed by atoms with Crippen molar-refractivity contribution in [3.8, 4) is 0 Å². The second-order valence-electron chi connectivity index (χ2n) is 5.07. The lowest BCUT2D eigenvalue weighted by molar-refractivity contribution is 0.253. The van der Waals surface area contributed by atoms with Crippen LogP contribution in [0.15, 0.2) is 35.4 Å². The topological polar surface area (TPSA) is 72.3 Å². The summed E-state index contributed by atoms with van der Waals surface area (Å²) in [4.78, 5) is 16.7. The van der Waals surface area contributed by atoms with E-state index < -0.39 is 16.5 Å². The molecule has 0 spiro atoms. The molecule has 0 N–H and O–H groups in total. The summed E-state index contributed by atoms with van der Waals surface area (Å²) in [5.74, 6) is 0. The van der Waals surface area contributed by atoms with E-state index in [1.165, 1.54) is 10.9 Å². The zero-order valence-corrected chi connectivity index (χ0v) is 12.0. The van der Waals surface area contributed by atoms with Crippen molar-refractivity contribution >= 4 is 21.3 Å². The molecule has 1 atom stereocenters.